The van der Waals surface area contributed by atoms with Gasteiger partial charge in [-0.1, -0.05) is 52.4 Å². The molecule has 0 fully saturated rings. The molecule has 0 amide bonds. The molecule has 1 N–H and O–H groups in total. The third kappa shape index (κ3) is 10.4. The second-order valence-electron chi connectivity index (χ2n) is 3.62. The molecular weight excluding hydrogens is 195 g/mol. The number of unbranched alkanes of at least 4 members (excludes halogenated alkanes) is 6. The molecule has 0 aliphatic heterocycles. The molecule has 0 heterocycles. The van der Waals surface area contributed by atoms with Crippen LogP contribution in [0.5, 0.6) is 0 Å². The molecule has 1 atom stereocenters. The number of hydrogen-bond acceptors (Lipinski definition) is 2. The molecule has 0 aromatic heterocycles. The Morgan fingerprint density at radius 2 is 1.50 bits per heavy atom. The summed E-state index contributed by atoms with van der Waals surface area (Å²) in [5.41, 5.74) is 0. The van der Waals surface area contributed by atoms with E-state index in [1.165, 1.54) is 38.5 Å². The average molecular weight is 220 g/mol. The maximum absolute atomic E-state index is 9.17. The predicted molar refractivity (Wildman–Crippen MR) is 63.6 cm³/mol. The summed E-state index contributed by atoms with van der Waals surface area (Å²) >= 11 is 0. The first-order valence-electron chi connectivity index (χ1n) is 5.90. The quantitative estimate of drug-likeness (QED) is 0.444. The average Bonchev–Trinajstić information content (AvgIpc) is 2.21. The molecule has 0 rings (SSSR count). The number of rotatable bonds is 10. The Bertz CT molecular complexity index is 109. The van der Waals surface area contributed by atoms with Crippen LogP contribution >= 0.6 is 8.38 Å². The predicted octanol–water partition coefficient (Wildman–Crippen LogP) is 4.08. The van der Waals surface area contributed by atoms with Gasteiger partial charge in [-0.3, -0.25) is 0 Å². The lowest BCUT2D eigenvalue weighted by molar-refractivity contribution is 0.299. The first-order valence-corrected chi connectivity index (χ1v) is 7.30. The van der Waals surface area contributed by atoms with Crippen LogP contribution in [0.1, 0.15) is 58.8 Å². The molecule has 0 aliphatic carbocycles. The molecular formula is C11H25O2P. The van der Waals surface area contributed by atoms with E-state index in [0.29, 0.717) is 0 Å². The minimum absolute atomic E-state index is 0.740. The Kier molecular flexibility index (Phi) is 11.7. The Morgan fingerprint density at radius 1 is 0.929 bits per heavy atom. The summed E-state index contributed by atoms with van der Waals surface area (Å²) in [5, 5.41) is 0. The van der Waals surface area contributed by atoms with Crippen molar-refractivity contribution in [2.45, 2.75) is 58.8 Å². The lowest BCUT2D eigenvalue weighted by Gasteiger charge is -2.07. The van der Waals surface area contributed by atoms with Gasteiger partial charge in [-0.15, -0.1) is 0 Å². The largest absolute Gasteiger partial charge is 0.350 e. The van der Waals surface area contributed by atoms with Crippen LogP contribution in [0.3, 0.4) is 0 Å². The molecule has 0 saturated heterocycles. The Labute approximate surface area is 90.0 Å². The van der Waals surface area contributed by atoms with Crippen molar-refractivity contribution in [2.24, 2.45) is 0 Å². The highest BCUT2D eigenvalue weighted by atomic mass is 31.2. The summed E-state index contributed by atoms with van der Waals surface area (Å²) in [6.07, 6.45) is 9.84. The lowest BCUT2D eigenvalue weighted by Crippen LogP contribution is -1.91. The highest BCUT2D eigenvalue weighted by Crippen LogP contribution is 2.30. The first-order chi connectivity index (χ1) is 6.81. The second-order valence-corrected chi connectivity index (χ2v) is 5.22. The Hall–Kier alpha value is 0.350. The van der Waals surface area contributed by atoms with Crippen LogP contribution in [-0.2, 0) is 4.52 Å². The summed E-state index contributed by atoms with van der Waals surface area (Å²) in [4.78, 5) is 9.17. The third-order valence-corrected chi connectivity index (χ3v) is 3.28. The van der Waals surface area contributed by atoms with E-state index in [-0.39, 0.29) is 0 Å². The molecule has 14 heavy (non-hydrogen) atoms. The molecule has 0 radical (unpaired) electrons. The molecule has 0 aliphatic rings. The minimum Gasteiger partial charge on any atom is -0.350 e. The molecule has 3 heteroatoms. The van der Waals surface area contributed by atoms with Gasteiger partial charge < -0.3 is 9.42 Å². The molecule has 0 aromatic rings. The fourth-order valence-corrected chi connectivity index (χ4v) is 1.84. The van der Waals surface area contributed by atoms with Gasteiger partial charge in [0, 0.05) is 6.16 Å². The molecule has 0 bridgehead atoms. The lowest BCUT2D eigenvalue weighted by atomic mass is 10.1. The van der Waals surface area contributed by atoms with E-state index in [9.17, 15) is 4.89 Å². The van der Waals surface area contributed by atoms with Gasteiger partial charge >= 0.3 is 0 Å². The third-order valence-electron chi connectivity index (χ3n) is 2.26. The van der Waals surface area contributed by atoms with Crippen LogP contribution in [0.4, 0.5) is 0 Å². The zero-order chi connectivity index (χ0) is 10.6. The van der Waals surface area contributed by atoms with Crippen molar-refractivity contribution in [2.75, 3.05) is 12.8 Å². The molecule has 2 nitrogen and oxygen atoms in total. The van der Waals surface area contributed by atoms with E-state index in [4.69, 9.17) is 4.52 Å². The van der Waals surface area contributed by atoms with Crippen molar-refractivity contribution in [1.29, 1.82) is 0 Å². The van der Waals surface area contributed by atoms with Gasteiger partial charge in [0.05, 0.1) is 6.61 Å². The van der Waals surface area contributed by atoms with E-state index in [1.54, 1.807) is 0 Å². The summed E-state index contributed by atoms with van der Waals surface area (Å²) < 4.78 is 5.24. The Balaban J connectivity index is 2.92. The van der Waals surface area contributed by atoms with E-state index in [0.717, 1.165) is 19.2 Å². The van der Waals surface area contributed by atoms with Gasteiger partial charge in [0.1, 0.15) is 0 Å². The molecule has 1 unspecified atom stereocenters. The van der Waals surface area contributed by atoms with Crippen LogP contribution in [-0.4, -0.2) is 17.7 Å². The maximum Gasteiger partial charge on any atom is 0.167 e. The van der Waals surface area contributed by atoms with Crippen LogP contribution < -0.4 is 0 Å². The molecule has 0 saturated carbocycles. The second kappa shape index (κ2) is 11.4. The van der Waals surface area contributed by atoms with Gasteiger partial charge in [-0.25, -0.2) is 0 Å². The van der Waals surface area contributed by atoms with Crippen molar-refractivity contribution in [3.8, 4) is 0 Å². The Morgan fingerprint density at radius 3 is 2.07 bits per heavy atom. The standard InChI is InChI=1S/C11H25O2P/c1-3-5-6-7-8-9-10-11-13-14(12)4-2/h12H,3-11H2,1-2H3. The molecule has 86 valence electrons. The fourth-order valence-electron chi connectivity index (χ4n) is 1.32. The van der Waals surface area contributed by atoms with Crippen LogP contribution in [0.15, 0.2) is 0 Å². The van der Waals surface area contributed by atoms with Crippen molar-refractivity contribution < 1.29 is 9.42 Å². The van der Waals surface area contributed by atoms with E-state index in [1.807, 2.05) is 6.92 Å². The van der Waals surface area contributed by atoms with Gasteiger partial charge in [0.25, 0.3) is 0 Å². The molecule has 0 aromatic carbocycles. The monoisotopic (exact) mass is 220 g/mol. The van der Waals surface area contributed by atoms with Gasteiger partial charge in [0.15, 0.2) is 8.38 Å². The van der Waals surface area contributed by atoms with Crippen LogP contribution in [0.2, 0.25) is 0 Å². The van der Waals surface area contributed by atoms with Gasteiger partial charge in [0.2, 0.25) is 0 Å². The summed E-state index contributed by atoms with van der Waals surface area (Å²) in [7, 11) is -1.11. The topological polar surface area (TPSA) is 29.5 Å². The first kappa shape index (κ1) is 14.3. The zero-order valence-corrected chi connectivity index (χ0v) is 10.6. The van der Waals surface area contributed by atoms with E-state index < -0.39 is 8.38 Å². The minimum atomic E-state index is -1.11. The fraction of sp³-hybridized carbons (Fsp3) is 1.00. The maximum atomic E-state index is 9.17. The van der Waals surface area contributed by atoms with Gasteiger partial charge in [-0.05, 0) is 6.42 Å². The summed E-state index contributed by atoms with van der Waals surface area (Å²) in [5.74, 6) is 0. The van der Waals surface area contributed by atoms with Crippen molar-refractivity contribution in [3.63, 3.8) is 0 Å². The summed E-state index contributed by atoms with van der Waals surface area (Å²) in [6, 6.07) is 0. The van der Waals surface area contributed by atoms with Crippen molar-refractivity contribution in [1.82, 2.24) is 0 Å². The van der Waals surface area contributed by atoms with E-state index in [2.05, 4.69) is 6.92 Å². The SMILES string of the molecule is CCCCCCCCCOP(O)CC. The van der Waals surface area contributed by atoms with Gasteiger partial charge in [-0.2, -0.15) is 0 Å². The number of hydrogen-bond donors (Lipinski definition) is 1. The van der Waals surface area contributed by atoms with Crippen molar-refractivity contribution >= 4 is 8.38 Å². The normalized spacial score (nSPS) is 13.1. The molecule has 0 spiro atoms. The zero-order valence-electron chi connectivity index (χ0n) is 9.67. The smallest absolute Gasteiger partial charge is 0.167 e. The van der Waals surface area contributed by atoms with Crippen LogP contribution in [0, 0.1) is 0 Å². The van der Waals surface area contributed by atoms with E-state index >= 15 is 0 Å². The van der Waals surface area contributed by atoms with Crippen molar-refractivity contribution in [3.05, 3.63) is 0 Å². The highest BCUT2D eigenvalue weighted by Gasteiger charge is 1.99. The van der Waals surface area contributed by atoms with Crippen LogP contribution in [0.25, 0.3) is 0 Å². The summed E-state index contributed by atoms with van der Waals surface area (Å²) in [6.45, 7) is 4.93. The highest BCUT2D eigenvalue weighted by molar-refractivity contribution is 7.46.